The fourth-order valence-electron chi connectivity index (χ4n) is 2.45. The molecule has 2 aromatic rings. The van der Waals surface area contributed by atoms with Gasteiger partial charge in [0.05, 0.1) is 11.4 Å². The maximum atomic E-state index is 12.3. The summed E-state index contributed by atoms with van der Waals surface area (Å²) in [5.74, 6) is 2.61. The number of amides is 2. The summed E-state index contributed by atoms with van der Waals surface area (Å²) in [5.41, 5.74) is 2.99. The lowest BCUT2D eigenvalue weighted by molar-refractivity contribution is -0.122. The first-order valence-corrected chi connectivity index (χ1v) is 8.86. The molecule has 0 N–H and O–H groups in total. The van der Waals surface area contributed by atoms with Crippen molar-refractivity contribution in [3.63, 3.8) is 0 Å². The van der Waals surface area contributed by atoms with Crippen LogP contribution in [0.4, 0.5) is 4.79 Å². The first-order chi connectivity index (χ1) is 12.6. The quantitative estimate of drug-likeness (QED) is 0.589. The highest BCUT2D eigenvalue weighted by molar-refractivity contribution is 8.18. The lowest BCUT2D eigenvalue weighted by Gasteiger charge is -2.10. The Balaban J connectivity index is 1.79. The Bertz CT molecular complexity index is 910. The van der Waals surface area contributed by atoms with Crippen LogP contribution in [0.15, 0.2) is 53.4 Å². The Morgan fingerprint density at radius 1 is 1.15 bits per heavy atom. The van der Waals surface area contributed by atoms with E-state index >= 15 is 0 Å². The van der Waals surface area contributed by atoms with E-state index in [1.54, 1.807) is 6.08 Å². The number of ether oxygens (including phenoxy) is 1. The van der Waals surface area contributed by atoms with Gasteiger partial charge >= 0.3 is 0 Å². The summed E-state index contributed by atoms with van der Waals surface area (Å²) in [5, 5.41) is -0.350. The van der Waals surface area contributed by atoms with E-state index in [9.17, 15) is 9.59 Å². The smallest absolute Gasteiger partial charge is 0.294 e. The van der Waals surface area contributed by atoms with Crippen LogP contribution in [0, 0.1) is 19.3 Å². The highest BCUT2D eigenvalue weighted by Gasteiger charge is 2.34. The number of thioether (sulfide) groups is 1. The molecule has 1 heterocycles. The molecule has 4 nitrogen and oxygen atoms in total. The van der Waals surface area contributed by atoms with Crippen molar-refractivity contribution in [2.24, 2.45) is 0 Å². The molecule has 0 unspecified atom stereocenters. The number of carbonyl (C=O) groups excluding carboxylic acids is 2. The third kappa shape index (κ3) is 3.98. The minimum Gasteiger partial charge on any atom is -0.488 e. The first kappa shape index (κ1) is 17.8. The number of terminal acetylenes is 1. The number of benzene rings is 2. The standard InChI is InChI=1S/C21H17NO3S/c1-3-12-22-20(23)19(26-21(22)24)13-17-6-4-5-7-18(17)25-14-16-10-8-15(2)9-11-16/h1,4-11,13H,12,14H2,2H3/b19-13-. The lowest BCUT2D eigenvalue weighted by atomic mass is 10.1. The van der Waals surface area contributed by atoms with E-state index in [0.29, 0.717) is 17.3 Å². The van der Waals surface area contributed by atoms with Crippen LogP contribution in [0.3, 0.4) is 0 Å². The monoisotopic (exact) mass is 363 g/mol. The molecule has 1 aliphatic rings. The Morgan fingerprint density at radius 2 is 1.88 bits per heavy atom. The molecule has 0 atom stereocenters. The normalized spacial score (nSPS) is 15.4. The van der Waals surface area contributed by atoms with Crippen molar-refractivity contribution in [1.29, 1.82) is 0 Å². The molecule has 5 heteroatoms. The zero-order chi connectivity index (χ0) is 18.5. The van der Waals surface area contributed by atoms with E-state index in [-0.39, 0.29) is 17.7 Å². The van der Waals surface area contributed by atoms with Gasteiger partial charge in [0.1, 0.15) is 12.4 Å². The summed E-state index contributed by atoms with van der Waals surface area (Å²) in [6.45, 7) is 2.43. The molecular weight excluding hydrogens is 346 g/mol. The van der Waals surface area contributed by atoms with Gasteiger partial charge in [-0.2, -0.15) is 0 Å². The Kier molecular flexibility index (Phi) is 5.45. The van der Waals surface area contributed by atoms with E-state index in [4.69, 9.17) is 11.2 Å². The fourth-order valence-corrected chi connectivity index (χ4v) is 3.27. The summed E-state index contributed by atoms with van der Waals surface area (Å²) in [6.07, 6.45) is 6.89. The van der Waals surface area contributed by atoms with E-state index in [0.717, 1.165) is 27.8 Å². The summed E-state index contributed by atoms with van der Waals surface area (Å²) in [7, 11) is 0. The lowest BCUT2D eigenvalue weighted by Crippen LogP contribution is -2.28. The molecule has 0 spiro atoms. The van der Waals surface area contributed by atoms with Crippen molar-refractivity contribution < 1.29 is 14.3 Å². The van der Waals surface area contributed by atoms with Gasteiger partial charge in [-0.05, 0) is 36.4 Å². The van der Waals surface area contributed by atoms with Gasteiger partial charge in [-0.15, -0.1) is 6.42 Å². The number of nitrogens with zero attached hydrogens (tertiary/aromatic N) is 1. The van der Waals surface area contributed by atoms with Gasteiger partial charge in [0, 0.05) is 5.56 Å². The molecule has 1 fully saturated rings. The number of carbonyl (C=O) groups is 2. The number of hydrogen-bond acceptors (Lipinski definition) is 4. The van der Waals surface area contributed by atoms with Gasteiger partial charge in [0.15, 0.2) is 0 Å². The van der Waals surface area contributed by atoms with Crippen LogP contribution in [-0.2, 0) is 11.4 Å². The second kappa shape index (κ2) is 7.94. The molecule has 1 saturated heterocycles. The van der Waals surface area contributed by atoms with Gasteiger partial charge in [-0.25, -0.2) is 0 Å². The summed E-state index contributed by atoms with van der Waals surface area (Å²) in [4.78, 5) is 25.6. The maximum Gasteiger partial charge on any atom is 0.294 e. The maximum absolute atomic E-state index is 12.3. The largest absolute Gasteiger partial charge is 0.488 e. The van der Waals surface area contributed by atoms with Crippen molar-refractivity contribution in [3.8, 4) is 18.1 Å². The van der Waals surface area contributed by atoms with Crippen LogP contribution >= 0.6 is 11.8 Å². The topological polar surface area (TPSA) is 46.6 Å². The average Bonchev–Trinajstić information content (AvgIpc) is 2.90. The van der Waals surface area contributed by atoms with Gasteiger partial charge in [0.2, 0.25) is 0 Å². The molecule has 0 bridgehead atoms. The first-order valence-electron chi connectivity index (χ1n) is 8.04. The number of imide groups is 1. The van der Waals surface area contributed by atoms with Crippen LogP contribution in [0.5, 0.6) is 5.75 Å². The number of aryl methyl sites for hydroxylation is 1. The minimum absolute atomic E-state index is 0.0203. The predicted octanol–water partition coefficient (Wildman–Crippen LogP) is 4.24. The second-order valence-corrected chi connectivity index (χ2v) is 6.78. The van der Waals surface area contributed by atoms with Gasteiger partial charge in [0.25, 0.3) is 11.1 Å². The molecule has 0 radical (unpaired) electrons. The molecule has 26 heavy (non-hydrogen) atoms. The average molecular weight is 363 g/mol. The van der Waals surface area contributed by atoms with Crippen LogP contribution in [0.2, 0.25) is 0 Å². The Morgan fingerprint density at radius 3 is 2.62 bits per heavy atom. The zero-order valence-corrected chi connectivity index (χ0v) is 15.1. The molecule has 1 aliphatic heterocycles. The summed E-state index contributed by atoms with van der Waals surface area (Å²) < 4.78 is 5.91. The third-order valence-electron chi connectivity index (χ3n) is 3.84. The number of hydrogen-bond donors (Lipinski definition) is 0. The van der Waals surface area contributed by atoms with Crippen molar-refractivity contribution in [1.82, 2.24) is 4.90 Å². The molecule has 3 rings (SSSR count). The van der Waals surface area contributed by atoms with Crippen molar-refractivity contribution >= 4 is 29.0 Å². The molecule has 2 amide bonds. The molecule has 2 aromatic carbocycles. The molecule has 130 valence electrons. The number of para-hydroxylation sites is 1. The molecule has 0 saturated carbocycles. The molecule has 0 aliphatic carbocycles. The van der Waals surface area contributed by atoms with E-state index < -0.39 is 0 Å². The van der Waals surface area contributed by atoms with E-state index in [1.165, 1.54) is 5.56 Å². The van der Waals surface area contributed by atoms with E-state index in [2.05, 4.69) is 5.92 Å². The van der Waals surface area contributed by atoms with Crippen molar-refractivity contribution in [2.45, 2.75) is 13.5 Å². The van der Waals surface area contributed by atoms with Crippen LogP contribution in [0.25, 0.3) is 6.08 Å². The summed E-state index contributed by atoms with van der Waals surface area (Å²) in [6, 6.07) is 15.5. The fraction of sp³-hybridized carbons (Fsp3) is 0.143. The van der Waals surface area contributed by atoms with Crippen LogP contribution in [-0.4, -0.2) is 22.6 Å². The zero-order valence-electron chi connectivity index (χ0n) is 14.3. The Labute approximate surface area is 156 Å². The van der Waals surface area contributed by atoms with Crippen molar-refractivity contribution in [3.05, 3.63) is 70.1 Å². The summed E-state index contributed by atoms with van der Waals surface area (Å²) >= 11 is 0.889. The Hall–Kier alpha value is -2.97. The van der Waals surface area contributed by atoms with Crippen LogP contribution in [0.1, 0.15) is 16.7 Å². The SMILES string of the molecule is C#CCN1C(=O)S/C(=C\c2ccccc2OCc2ccc(C)cc2)C1=O. The van der Waals surface area contributed by atoms with Gasteiger partial charge in [-0.1, -0.05) is 53.9 Å². The van der Waals surface area contributed by atoms with Crippen LogP contribution < -0.4 is 4.74 Å². The second-order valence-electron chi connectivity index (χ2n) is 5.78. The van der Waals surface area contributed by atoms with E-state index in [1.807, 2.05) is 55.5 Å². The number of rotatable bonds is 5. The minimum atomic E-state index is -0.369. The van der Waals surface area contributed by atoms with Gasteiger partial charge in [-0.3, -0.25) is 14.5 Å². The highest BCUT2D eigenvalue weighted by atomic mass is 32.2. The third-order valence-corrected chi connectivity index (χ3v) is 4.75. The highest BCUT2D eigenvalue weighted by Crippen LogP contribution is 2.33. The predicted molar refractivity (Wildman–Crippen MR) is 103 cm³/mol. The molecular formula is C21H17NO3S. The van der Waals surface area contributed by atoms with Gasteiger partial charge < -0.3 is 4.74 Å². The molecule has 0 aromatic heterocycles. The van der Waals surface area contributed by atoms with Crippen molar-refractivity contribution in [2.75, 3.05) is 6.54 Å².